The molecular weight excluding hydrogens is 295 g/mol. The molecule has 3 aromatic rings. The molecule has 1 fully saturated rings. The summed E-state index contributed by atoms with van der Waals surface area (Å²) in [5, 5.41) is 1.02. The molecule has 0 amide bonds. The number of piperazine rings is 1. The highest BCUT2D eigenvalue weighted by Gasteiger charge is 2.20. The molecule has 6 nitrogen and oxygen atoms in total. The van der Waals surface area contributed by atoms with Gasteiger partial charge in [-0.2, -0.15) is 0 Å². The predicted molar refractivity (Wildman–Crippen MR) is 86.0 cm³/mol. The van der Waals surface area contributed by atoms with Gasteiger partial charge in [0, 0.05) is 43.4 Å². The summed E-state index contributed by atoms with van der Waals surface area (Å²) < 4.78 is 13.8. The number of fused-ring (bicyclic) bond motifs is 1. The molecule has 2 aromatic heterocycles. The molecule has 1 aliphatic heterocycles. The number of benzene rings is 1. The zero-order valence-electron chi connectivity index (χ0n) is 12.4. The second-order valence-corrected chi connectivity index (χ2v) is 5.43. The molecule has 116 valence electrons. The Hall–Kier alpha value is -2.83. The van der Waals surface area contributed by atoms with E-state index >= 15 is 0 Å². The lowest BCUT2D eigenvalue weighted by Gasteiger charge is -2.36. The maximum atomic E-state index is 13.8. The molecule has 1 aliphatic rings. The first kappa shape index (κ1) is 13.8. The minimum atomic E-state index is -0.371. The first-order valence-corrected chi connectivity index (χ1v) is 7.46. The molecule has 0 saturated carbocycles. The lowest BCUT2D eigenvalue weighted by molar-refractivity contribution is 0.583. The van der Waals surface area contributed by atoms with Crippen molar-refractivity contribution in [3.8, 4) is 0 Å². The lowest BCUT2D eigenvalue weighted by atomic mass is 10.2. The van der Waals surface area contributed by atoms with E-state index in [9.17, 15) is 4.39 Å². The van der Waals surface area contributed by atoms with Crippen molar-refractivity contribution < 1.29 is 4.39 Å². The third-order valence-corrected chi connectivity index (χ3v) is 4.08. The van der Waals surface area contributed by atoms with Gasteiger partial charge in [0.15, 0.2) is 11.6 Å². The number of rotatable bonds is 2. The van der Waals surface area contributed by atoms with E-state index in [1.807, 2.05) is 17.2 Å². The molecule has 0 bridgehead atoms. The first-order chi connectivity index (χ1) is 11.3. The van der Waals surface area contributed by atoms with Gasteiger partial charge in [-0.3, -0.25) is 0 Å². The maximum Gasteiger partial charge on any atom is 0.183 e. The fourth-order valence-electron chi connectivity index (χ4n) is 2.88. The van der Waals surface area contributed by atoms with Gasteiger partial charge in [0.05, 0.1) is 11.7 Å². The number of anilines is 2. The van der Waals surface area contributed by atoms with Crippen LogP contribution in [0.1, 0.15) is 0 Å². The smallest absolute Gasteiger partial charge is 0.183 e. The summed E-state index contributed by atoms with van der Waals surface area (Å²) in [6.45, 7) is 3.06. The Morgan fingerprint density at radius 3 is 2.43 bits per heavy atom. The van der Waals surface area contributed by atoms with E-state index in [1.54, 1.807) is 6.33 Å². The van der Waals surface area contributed by atoms with E-state index in [4.69, 9.17) is 0 Å². The van der Waals surface area contributed by atoms with Crippen molar-refractivity contribution in [2.24, 2.45) is 0 Å². The van der Waals surface area contributed by atoms with Crippen LogP contribution in [0, 0.1) is 5.82 Å². The topological polar surface area (TPSA) is 58.0 Å². The minimum Gasteiger partial charge on any atom is -0.368 e. The standard InChI is InChI=1S/C16H15FN6/c17-14-9-19-11-21-16(14)23-5-3-22(4-6-23)13-1-2-15-12(7-13)8-18-10-20-15/h1-2,7-11H,3-6H2. The average molecular weight is 310 g/mol. The van der Waals surface area contributed by atoms with Gasteiger partial charge >= 0.3 is 0 Å². The van der Waals surface area contributed by atoms with Gasteiger partial charge in [-0.25, -0.2) is 24.3 Å². The summed E-state index contributed by atoms with van der Waals surface area (Å²) in [6.07, 6.45) is 5.96. The molecule has 0 aliphatic carbocycles. The van der Waals surface area contributed by atoms with Crippen molar-refractivity contribution in [2.45, 2.75) is 0 Å². The molecule has 0 radical (unpaired) electrons. The lowest BCUT2D eigenvalue weighted by Crippen LogP contribution is -2.47. The van der Waals surface area contributed by atoms with Crippen molar-refractivity contribution in [1.29, 1.82) is 0 Å². The number of hydrogen-bond acceptors (Lipinski definition) is 6. The number of halogens is 1. The van der Waals surface area contributed by atoms with Crippen molar-refractivity contribution in [1.82, 2.24) is 19.9 Å². The Bertz CT molecular complexity index is 831. The monoisotopic (exact) mass is 310 g/mol. The average Bonchev–Trinajstić information content (AvgIpc) is 2.62. The van der Waals surface area contributed by atoms with Crippen molar-refractivity contribution in [2.75, 3.05) is 36.0 Å². The van der Waals surface area contributed by atoms with Gasteiger partial charge in [-0.1, -0.05) is 0 Å². The Morgan fingerprint density at radius 1 is 0.870 bits per heavy atom. The molecule has 0 atom stereocenters. The first-order valence-electron chi connectivity index (χ1n) is 7.46. The normalized spacial score (nSPS) is 15.2. The fraction of sp³-hybridized carbons (Fsp3) is 0.250. The van der Waals surface area contributed by atoms with Gasteiger partial charge < -0.3 is 9.80 Å². The number of nitrogens with zero attached hydrogens (tertiary/aromatic N) is 6. The van der Waals surface area contributed by atoms with Gasteiger partial charge in [-0.05, 0) is 18.2 Å². The fourth-order valence-corrected chi connectivity index (χ4v) is 2.88. The molecular formula is C16H15FN6. The molecule has 0 N–H and O–H groups in total. The van der Waals surface area contributed by atoms with Gasteiger partial charge in [0.2, 0.25) is 0 Å². The summed E-state index contributed by atoms with van der Waals surface area (Å²) in [5.41, 5.74) is 2.07. The van der Waals surface area contributed by atoms with Crippen LogP contribution in [-0.4, -0.2) is 46.1 Å². The summed E-state index contributed by atoms with van der Waals surface area (Å²) in [6, 6.07) is 6.16. The summed E-state index contributed by atoms with van der Waals surface area (Å²) in [7, 11) is 0. The molecule has 4 rings (SSSR count). The van der Waals surface area contributed by atoms with Crippen LogP contribution in [0.2, 0.25) is 0 Å². The van der Waals surface area contributed by atoms with Gasteiger partial charge in [-0.15, -0.1) is 0 Å². The van der Waals surface area contributed by atoms with Crippen LogP contribution in [0.25, 0.3) is 10.9 Å². The summed E-state index contributed by atoms with van der Waals surface area (Å²) in [5.74, 6) is 0.00960. The Morgan fingerprint density at radius 2 is 1.61 bits per heavy atom. The zero-order valence-corrected chi connectivity index (χ0v) is 12.4. The van der Waals surface area contributed by atoms with Crippen LogP contribution < -0.4 is 9.80 Å². The van der Waals surface area contributed by atoms with Gasteiger partial charge in [0.1, 0.15) is 12.7 Å². The van der Waals surface area contributed by atoms with E-state index < -0.39 is 0 Å². The van der Waals surface area contributed by atoms with Crippen molar-refractivity contribution in [3.63, 3.8) is 0 Å². The maximum absolute atomic E-state index is 13.8. The number of aromatic nitrogens is 4. The second kappa shape index (κ2) is 5.75. The van der Waals surface area contributed by atoms with Crippen LogP contribution in [-0.2, 0) is 0 Å². The van der Waals surface area contributed by atoms with Gasteiger partial charge in [0.25, 0.3) is 0 Å². The second-order valence-electron chi connectivity index (χ2n) is 5.43. The Labute approximate surface area is 132 Å². The SMILES string of the molecule is Fc1cncnc1N1CCN(c2ccc3ncncc3c2)CC1. The van der Waals surface area contributed by atoms with E-state index in [0.29, 0.717) is 5.82 Å². The highest BCUT2D eigenvalue weighted by Crippen LogP contribution is 2.23. The molecule has 3 heterocycles. The number of hydrogen-bond donors (Lipinski definition) is 0. The molecule has 23 heavy (non-hydrogen) atoms. The molecule has 0 spiro atoms. The largest absolute Gasteiger partial charge is 0.368 e. The third kappa shape index (κ3) is 2.65. The summed E-state index contributed by atoms with van der Waals surface area (Å²) in [4.78, 5) is 20.3. The Balaban J connectivity index is 1.51. The van der Waals surface area contributed by atoms with Crippen molar-refractivity contribution >= 4 is 22.4 Å². The van der Waals surface area contributed by atoms with Crippen LogP contribution in [0.5, 0.6) is 0 Å². The third-order valence-electron chi connectivity index (χ3n) is 4.08. The molecule has 0 unspecified atom stereocenters. The van der Waals surface area contributed by atoms with E-state index in [0.717, 1.165) is 42.8 Å². The Kier molecular flexibility index (Phi) is 3.45. The molecule has 1 aromatic carbocycles. The van der Waals surface area contributed by atoms with E-state index in [1.165, 1.54) is 12.5 Å². The minimum absolute atomic E-state index is 0.371. The summed E-state index contributed by atoms with van der Waals surface area (Å²) >= 11 is 0. The van der Waals surface area contributed by atoms with Crippen LogP contribution in [0.15, 0.2) is 43.2 Å². The van der Waals surface area contributed by atoms with Crippen LogP contribution in [0.3, 0.4) is 0 Å². The molecule has 1 saturated heterocycles. The molecule has 7 heteroatoms. The highest BCUT2D eigenvalue weighted by molar-refractivity contribution is 5.81. The zero-order chi connectivity index (χ0) is 15.6. The van der Waals surface area contributed by atoms with E-state index in [-0.39, 0.29) is 5.82 Å². The van der Waals surface area contributed by atoms with E-state index in [2.05, 4.69) is 37.0 Å². The highest BCUT2D eigenvalue weighted by atomic mass is 19.1. The quantitative estimate of drug-likeness (QED) is 0.720. The van der Waals surface area contributed by atoms with Crippen LogP contribution >= 0.6 is 0 Å². The predicted octanol–water partition coefficient (Wildman–Crippen LogP) is 1.89. The van der Waals surface area contributed by atoms with Crippen molar-refractivity contribution in [3.05, 3.63) is 49.1 Å². The van der Waals surface area contributed by atoms with Crippen LogP contribution in [0.4, 0.5) is 15.9 Å².